The predicted octanol–water partition coefficient (Wildman–Crippen LogP) is 4.51. The quantitative estimate of drug-likeness (QED) is 0.368. The van der Waals surface area contributed by atoms with Gasteiger partial charge in [0, 0.05) is 18.2 Å². The molecule has 0 radical (unpaired) electrons. The van der Waals surface area contributed by atoms with Crippen molar-refractivity contribution in [3.63, 3.8) is 0 Å². The van der Waals surface area contributed by atoms with E-state index in [4.69, 9.17) is 4.74 Å². The number of halogens is 1. The molecule has 0 heterocycles. The van der Waals surface area contributed by atoms with Crippen LogP contribution in [0.15, 0.2) is 83.8 Å². The highest BCUT2D eigenvalue weighted by atomic mass is 32.2. The standard InChI is InChI=1S/C30H34FN3O5S/c1-22(30(36)32-24-11-7-8-12-24)33(20-23-10-6-9-15-28(23)31)29(35)21-34(25-13-4-3-5-14-25)40(37,38)27-18-16-26(39-2)17-19-27/h3-6,9-10,13-19,22,24H,7-8,11-12,20-21H2,1-2H3,(H,32,36)/t22-/m1/s1. The van der Waals surface area contributed by atoms with Crippen LogP contribution < -0.4 is 14.4 Å². The van der Waals surface area contributed by atoms with Gasteiger partial charge in [-0.1, -0.05) is 49.2 Å². The topological polar surface area (TPSA) is 96.0 Å². The smallest absolute Gasteiger partial charge is 0.264 e. The highest BCUT2D eigenvalue weighted by molar-refractivity contribution is 7.92. The number of carbonyl (C=O) groups excluding carboxylic acids is 2. The van der Waals surface area contributed by atoms with E-state index in [-0.39, 0.29) is 34.6 Å². The minimum Gasteiger partial charge on any atom is -0.497 e. The number of rotatable bonds is 11. The third-order valence-electron chi connectivity index (χ3n) is 7.14. The molecule has 1 aliphatic rings. The lowest BCUT2D eigenvalue weighted by molar-refractivity contribution is -0.139. The van der Waals surface area contributed by atoms with Crippen LogP contribution in [0.5, 0.6) is 5.75 Å². The molecule has 1 atom stereocenters. The lowest BCUT2D eigenvalue weighted by Gasteiger charge is -2.32. The Bertz CT molecular complexity index is 1410. The minimum absolute atomic E-state index is 0.0247. The van der Waals surface area contributed by atoms with Gasteiger partial charge >= 0.3 is 0 Å². The van der Waals surface area contributed by atoms with Gasteiger partial charge in [0.2, 0.25) is 11.8 Å². The van der Waals surface area contributed by atoms with Crippen LogP contribution in [0, 0.1) is 5.82 Å². The number of nitrogens with one attached hydrogen (secondary N) is 1. The minimum atomic E-state index is -4.20. The van der Waals surface area contributed by atoms with Crippen molar-refractivity contribution in [3.8, 4) is 5.75 Å². The maximum atomic E-state index is 14.7. The van der Waals surface area contributed by atoms with Gasteiger partial charge in [0.15, 0.2) is 0 Å². The molecule has 0 aliphatic heterocycles. The molecule has 3 aromatic carbocycles. The molecule has 1 N–H and O–H groups in total. The zero-order valence-electron chi connectivity index (χ0n) is 22.6. The zero-order chi connectivity index (χ0) is 28.7. The van der Waals surface area contributed by atoms with E-state index in [1.165, 1.54) is 42.3 Å². The summed E-state index contributed by atoms with van der Waals surface area (Å²) in [6.07, 6.45) is 3.77. The number of para-hydroxylation sites is 1. The second-order valence-electron chi connectivity index (χ2n) is 9.80. The first kappa shape index (κ1) is 29.1. The average molecular weight is 568 g/mol. The first-order valence-electron chi connectivity index (χ1n) is 13.3. The normalized spacial score (nSPS) is 14.4. The summed E-state index contributed by atoms with van der Waals surface area (Å²) in [7, 11) is -2.72. The van der Waals surface area contributed by atoms with Gasteiger partial charge in [-0.15, -0.1) is 0 Å². The highest BCUT2D eigenvalue weighted by Gasteiger charge is 2.33. The molecule has 0 saturated heterocycles. The van der Waals surface area contributed by atoms with Crippen LogP contribution in [-0.4, -0.2) is 50.9 Å². The maximum absolute atomic E-state index is 14.7. The molecule has 2 amide bonds. The number of nitrogens with zero attached hydrogens (tertiary/aromatic N) is 2. The van der Waals surface area contributed by atoms with E-state index in [0.717, 1.165) is 30.0 Å². The number of ether oxygens (including phenoxy) is 1. The van der Waals surface area contributed by atoms with Gasteiger partial charge in [-0.25, -0.2) is 12.8 Å². The molecule has 3 aromatic rings. The van der Waals surface area contributed by atoms with Gasteiger partial charge in [0.1, 0.15) is 24.2 Å². The number of carbonyl (C=O) groups is 2. The number of hydrogen-bond acceptors (Lipinski definition) is 5. The Morgan fingerprint density at radius 2 is 1.60 bits per heavy atom. The number of hydrogen-bond donors (Lipinski definition) is 1. The molecule has 0 unspecified atom stereocenters. The molecule has 1 aliphatic carbocycles. The molecule has 4 rings (SSSR count). The molecule has 10 heteroatoms. The third kappa shape index (κ3) is 6.80. The van der Waals surface area contributed by atoms with Crippen LogP contribution in [0.2, 0.25) is 0 Å². The molecule has 0 aromatic heterocycles. The molecule has 40 heavy (non-hydrogen) atoms. The summed E-state index contributed by atoms with van der Waals surface area (Å²) >= 11 is 0. The Labute approximate surface area is 234 Å². The van der Waals surface area contributed by atoms with E-state index in [0.29, 0.717) is 5.75 Å². The number of anilines is 1. The largest absolute Gasteiger partial charge is 0.497 e. The Balaban J connectivity index is 1.67. The van der Waals surface area contributed by atoms with Crippen molar-refractivity contribution in [1.29, 1.82) is 0 Å². The second-order valence-corrected chi connectivity index (χ2v) is 11.7. The van der Waals surface area contributed by atoms with Gasteiger partial charge in [-0.3, -0.25) is 13.9 Å². The maximum Gasteiger partial charge on any atom is 0.264 e. The fourth-order valence-corrected chi connectivity index (χ4v) is 6.20. The number of methoxy groups -OCH3 is 1. The Morgan fingerprint density at radius 1 is 0.975 bits per heavy atom. The molecule has 8 nitrogen and oxygen atoms in total. The van der Waals surface area contributed by atoms with Crippen LogP contribution >= 0.6 is 0 Å². The molecular weight excluding hydrogens is 533 g/mol. The molecular formula is C30H34FN3O5S. The fraction of sp³-hybridized carbons (Fsp3) is 0.333. The van der Waals surface area contributed by atoms with Crippen LogP contribution in [0.3, 0.4) is 0 Å². The summed E-state index contributed by atoms with van der Waals surface area (Å²) in [6.45, 7) is 0.789. The van der Waals surface area contributed by atoms with Gasteiger partial charge in [0.25, 0.3) is 10.0 Å². The fourth-order valence-electron chi connectivity index (χ4n) is 4.78. The van der Waals surface area contributed by atoms with Crippen molar-refractivity contribution in [1.82, 2.24) is 10.2 Å². The lowest BCUT2D eigenvalue weighted by Crippen LogP contribution is -2.52. The highest BCUT2D eigenvalue weighted by Crippen LogP contribution is 2.26. The Hall–Kier alpha value is -3.92. The zero-order valence-corrected chi connectivity index (χ0v) is 23.4. The van der Waals surface area contributed by atoms with Crippen molar-refractivity contribution < 1.29 is 27.1 Å². The lowest BCUT2D eigenvalue weighted by atomic mass is 10.1. The number of benzene rings is 3. The second kappa shape index (κ2) is 13.0. The van der Waals surface area contributed by atoms with E-state index in [1.54, 1.807) is 55.5 Å². The van der Waals surface area contributed by atoms with Crippen molar-refractivity contribution >= 4 is 27.5 Å². The van der Waals surface area contributed by atoms with E-state index >= 15 is 0 Å². The van der Waals surface area contributed by atoms with Crippen LogP contribution in [0.1, 0.15) is 38.2 Å². The van der Waals surface area contributed by atoms with Gasteiger partial charge < -0.3 is 15.0 Å². The molecule has 212 valence electrons. The van der Waals surface area contributed by atoms with Crippen LogP contribution in [0.25, 0.3) is 0 Å². The van der Waals surface area contributed by atoms with Gasteiger partial charge in [-0.05, 0) is 62.2 Å². The van der Waals surface area contributed by atoms with E-state index in [9.17, 15) is 22.4 Å². The molecule has 1 saturated carbocycles. The van der Waals surface area contributed by atoms with Gasteiger partial charge in [0.05, 0.1) is 17.7 Å². The van der Waals surface area contributed by atoms with Crippen molar-refractivity contribution in [2.24, 2.45) is 0 Å². The van der Waals surface area contributed by atoms with Crippen molar-refractivity contribution in [3.05, 3.63) is 90.2 Å². The van der Waals surface area contributed by atoms with E-state index in [1.807, 2.05) is 0 Å². The third-order valence-corrected chi connectivity index (χ3v) is 8.93. The molecule has 0 bridgehead atoms. The summed E-state index contributed by atoms with van der Waals surface area (Å²) in [4.78, 5) is 28.3. The Morgan fingerprint density at radius 3 is 2.23 bits per heavy atom. The molecule has 1 fully saturated rings. The van der Waals surface area contributed by atoms with Crippen molar-refractivity contribution in [2.75, 3.05) is 18.0 Å². The van der Waals surface area contributed by atoms with Crippen molar-refractivity contribution in [2.45, 2.75) is 56.1 Å². The van der Waals surface area contributed by atoms with Crippen LogP contribution in [-0.2, 0) is 26.2 Å². The monoisotopic (exact) mass is 567 g/mol. The summed E-state index contributed by atoms with van der Waals surface area (Å²) in [5.74, 6) is -1.03. The molecule has 0 spiro atoms. The SMILES string of the molecule is COc1ccc(S(=O)(=O)N(CC(=O)N(Cc2ccccc2F)[C@H](C)C(=O)NC2CCCC2)c2ccccc2)cc1. The summed E-state index contributed by atoms with van der Waals surface area (Å²) in [6, 6.07) is 19.2. The first-order valence-corrected chi connectivity index (χ1v) is 14.7. The van der Waals surface area contributed by atoms with Gasteiger partial charge in [-0.2, -0.15) is 0 Å². The average Bonchev–Trinajstić information content (AvgIpc) is 3.48. The van der Waals surface area contributed by atoms with E-state index in [2.05, 4.69) is 5.32 Å². The summed E-state index contributed by atoms with van der Waals surface area (Å²) in [5.41, 5.74) is 0.501. The summed E-state index contributed by atoms with van der Waals surface area (Å²) in [5, 5.41) is 3.00. The number of sulfonamides is 1. The first-order chi connectivity index (χ1) is 19.2. The Kier molecular flexibility index (Phi) is 9.42. The number of amides is 2. The van der Waals surface area contributed by atoms with Crippen LogP contribution in [0.4, 0.5) is 10.1 Å². The predicted molar refractivity (Wildman–Crippen MR) is 151 cm³/mol. The summed E-state index contributed by atoms with van der Waals surface area (Å²) < 4.78 is 48.4. The van der Waals surface area contributed by atoms with E-state index < -0.39 is 34.3 Å².